The normalized spacial score (nSPS) is 19.4. The minimum absolute atomic E-state index is 0.0963. The minimum atomic E-state index is -3.57. The molecule has 1 heterocycles. The number of ether oxygens (including phenoxy) is 1. The molecular formula is C13H19ClN2O3S. The number of hydrogen-bond acceptors (Lipinski definition) is 4. The van der Waals surface area contributed by atoms with Crippen molar-refractivity contribution in [1.29, 1.82) is 0 Å². The number of rotatable bonds is 6. The third kappa shape index (κ3) is 3.93. The van der Waals surface area contributed by atoms with E-state index in [9.17, 15) is 8.42 Å². The van der Waals surface area contributed by atoms with Gasteiger partial charge in [-0.25, -0.2) is 13.1 Å². The first-order valence-electron chi connectivity index (χ1n) is 6.59. The van der Waals surface area contributed by atoms with Gasteiger partial charge in [0.05, 0.1) is 5.02 Å². The van der Waals surface area contributed by atoms with E-state index in [1.165, 1.54) is 6.07 Å². The molecule has 1 unspecified atom stereocenters. The quantitative estimate of drug-likeness (QED) is 0.833. The second kappa shape index (κ2) is 6.87. The molecule has 1 aromatic carbocycles. The smallest absolute Gasteiger partial charge is 0.242 e. The van der Waals surface area contributed by atoms with Gasteiger partial charge in [-0.2, -0.15) is 0 Å². The van der Waals surface area contributed by atoms with E-state index in [-0.39, 0.29) is 9.92 Å². The summed E-state index contributed by atoms with van der Waals surface area (Å²) in [7, 11) is -3.57. The van der Waals surface area contributed by atoms with Crippen LogP contribution in [0.2, 0.25) is 5.02 Å². The highest BCUT2D eigenvalue weighted by atomic mass is 35.5. The molecule has 20 heavy (non-hydrogen) atoms. The summed E-state index contributed by atoms with van der Waals surface area (Å²) >= 11 is 6.00. The molecule has 5 nitrogen and oxygen atoms in total. The van der Waals surface area contributed by atoms with Crippen molar-refractivity contribution in [2.75, 3.05) is 19.8 Å². The summed E-state index contributed by atoms with van der Waals surface area (Å²) in [5, 5.41) is 0.199. The van der Waals surface area contributed by atoms with E-state index in [0.29, 0.717) is 25.6 Å². The number of hydrogen-bond donors (Lipinski definition) is 2. The summed E-state index contributed by atoms with van der Waals surface area (Å²) in [6, 6.07) is 4.75. The zero-order chi connectivity index (χ0) is 14.6. The van der Waals surface area contributed by atoms with Crippen LogP contribution < -0.4 is 10.5 Å². The summed E-state index contributed by atoms with van der Waals surface area (Å²) < 4.78 is 32.2. The van der Waals surface area contributed by atoms with Gasteiger partial charge in [-0.1, -0.05) is 17.7 Å². The molecule has 7 heteroatoms. The van der Waals surface area contributed by atoms with E-state index in [2.05, 4.69) is 4.72 Å². The van der Waals surface area contributed by atoms with Crippen LogP contribution >= 0.6 is 11.6 Å². The standard InChI is InChI=1S/C13H19ClN2O3S/c14-12-7-11(8-15)1-2-13(12)20(17,18)16-5-3-10-4-6-19-9-10/h1-2,7,10,16H,3-6,8-9,15H2. The molecule has 0 radical (unpaired) electrons. The molecule has 0 amide bonds. The van der Waals surface area contributed by atoms with E-state index >= 15 is 0 Å². The van der Waals surface area contributed by atoms with Crippen molar-refractivity contribution in [2.24, 2.45) is 11.7 Å². The van der Waals surface area contributed by atoms with Crippen LogP contribution in [0.5, 0.6) is 0 Å². The summed E-state index contributed by atoms with van der Waals surface area (Å²) in [6.45, 7) is 2.21. The molecule has 0 spiro atoms. The van der Waals surface area contributed by atoms with Crippen LogP contribution in [0.15, 0.2) is 23.1 Å². The summed E-state index contributed by atoms with van der Waals surface area (Å²) in [5.74, 6) is 0.438. The van der Waals surface area contributed by atoms with Gasteiger partial charge >= 0.3 is 0 Å². The first kappa shape index (κ1) is 15.7. The Hall–Kier alpha value is -0.660. The van der Waals surface area contributed by atoms with Gasteiger partial charge < -0.3 is 10.5 Å². The first-order chi connectivity index (χ1) is 9.53. The summed E-state index contributed by atoms with van der Waals surface area (Å²) in [4.78, 5) is 0.0963. The molecule has 1 saturated heterocycles. The zero-order valence-corrected chi connectivity index (χ0v) is 12.7. The molecular weight excluding hydrogens is 300 g/mol. The molecule has 0 bridgehead atoms. The average molecular weight is 319 g/mol. The van der Waals surface area contributed by atoms with Gasteiger partial charge in [-0.15, -0.1) is 0 Å². The lowest BCUT2D eigenvalue weighted by atomic mass is 10.1. The Balaban J connectivity index is 1.98. The van der Waals surface area contributed by atoms with E-state index in [0.717, 1.165) is 25.0 Å². The molecule has 112 valence electrons. The summed E-state index contributed by atoms with van der Waals surface area (Å²) in [6.07, 6.45) is 1.77. The van der Waals surface area contributed by atoms with Gasteiger partial charge in [0.2, 0.25) is 10.0 Å². The van der Waals surface area contributed by atoms with Crippen LogP contribution in [0, 0.1) is 5.92 Å². The number of sulfonamides is 1. The van der Waals surface area contributed by atoms with Crippen LogP contribution in [-0.4, -0.2) is 28.2 Å². The van der Waals surface area contributed by atoms with Gasteiger partial charge in [-0.3, -0.25) is 0 Å². The van der Waals surface area contributed by atoms with Crippen molar-refractivity contribution in [3.05, 3.63) is 28.8 Å². The van der Waals surface area contributed by atoms with Gasteiger partial charge in [0, 0.05) is 26.3 Å². The van der Waals surface area contributed by atoms with E-state index in [1.807, 2.05) is 0 Å². The van der Waals surface area contributed by atoms with Crippen molar-refractivity contribution in [2.45, 2.75) is 24.3 Å². The fourth-order valence-electron chi connectivity index (χ4n) is 2.18. The van der Waals surface area contributed by atoms with Crippen molar-refractivity contribution in [1.82, 2.24) is 4.72 Å². The Morgan fingerprint density at radius 2 is 2.25 bits per heavy atom. The highest BCUT2D eigenvalue weighted by Crippen LogP contribution is 2.23. The maximum absolute atomic E-state index is 12.2. The van der Waals surface area contributed by atoms with Gasteiger partial charge in [0.1, 0.15) is 4.90 Å². The Morgan fingerprint density at radius 1 is 1.45 bits per heavy atom. The van der Waals surface area contributed by atoms with Crippen LogP contribution in [0.1, 0.15) is 18.4 Å². The van der Waals surface area contributed by atoms with Crippen LogP contribution in [-0.2, 0) is 21.3 Å². The fraction of sp³-hybridized carbons (Fsp3) is 0.538. The van der Waals surface area contributed by atoms with E-state index < -0.39 is 10.0 Å². The fourth-order valence-corrected chi connectivity index (χ4v) is 3.79. The third-order valence-corrected chi connectivity index (χ3v) is 5.33. The van der Waals surface area contributed by atoms with Crippen molar-refractivity contribution in [3.63, 3.8) is 0 Å². The van der Waals surface area contributed by atoms with Crippen molar-refractivity contribution < 1.29 is 13.2 Å². The van der Waals surface area contributed by atoms with Crippen LogP contribution in [0.25, 0.3) is 0 Å². The second-order valence-electron chi connectivity index (χ2n) is 4.88. The van der Waals surface area contributed by atoms with Gasteiger partial charge in [-0.05, 0) is 36.5 Å². The molecule has 3 N–H and O–H groups in total. The van der Waals surface area contributed by atoms with Crippen LogP contribution in [0.4, 0.5) is 0 Å². The Kier molecular flexibility index (Phi) is 5.40. The molecule has 1 aromatic rings. The number of benzene rings is 1. The minimum Gasteiger partial charge on any atom is -0.381 e. The summed E-state index contributed by atoms with van der Waals surface area (Å²) in [5.41, 5.74) is 6.30. The first-order valence-corrected chi connectivity index (χ1v) is 8.45. The monoisotopic (exact) mass is 318 g/mol. The van der Waals surface area contributed by atoms with Gasteiger partial charge in [0.25, 0.3) is 0 Å². The predicted octanol–water partition coefficient (Wildman–Crippen LogP) is 1.50. The molecule has 1 aliphatic heterocycles. The predicted molar refractivity (Wildman–Crippen MR) is 78.1 cm³/mol. The molecule has 0 saturated carbocycles. The number of halogens is 1. The lowest BCUT2D eigenvalue weighted by molar-refractivity contribution is 0.184. The number of nitrogens with one attached hydrogen (secondary N) is 1. The van der Waals surface area contributed by atoms with Crippen molar-refractivity contribution >= 4 is 21.6 Å². The topological polar surface area (TPSA) is 81.4 Å². The molecule has 1 aliphatic rings. The van der Waals surface area contributed by atoms with E-state index in [1.54, 1.807) is 12.1 Å². The van der Waals surface area contributed by atoms with Crippen LogP contribution in [0.3, 0.4) is 0 Å². The van der Waals surface area contributed by atoms with Gasteiger partial charge in [0.15, 0.2) is 0 Å². The maximum atomic E-state index is 12.2. The Morgan fingerprint density at radius 3 is 2.85 bits per heavy atom. The molecule has 0 aliphatic carbocycles. The zero-order valence-electron chi connectivity index (χ0n) is 11.1. The second-order valence-corrected chi connectivity index (χ2v) is 7.03. The average Bonchev–Trinajstić information content (AvgIpc) is 2.91. The maximum Gasteiger partial charge on any atom is 0.242 e. The largest absolute Gasteiger partial charge is 0.381 e. The lowest BCUT2D eigenvalue weighted by Crippen LogP contribution is -2.26. The highest BCUT2D eigenvalue weighted by molar-refractivity contribution is 7.89. The SMILES string of the molecule is NCc1ccc(S(=O)(=O)NCCC2CCOC2)c(Cl)c1. The lowest BCUT2D eigenvalue weighted by Gasteiger charge is -2.11. The number of nitrogens with two attached hydrogens (primary N) is 1. The van der Waals surface area contributed by atoms with Crippen molar-refractivity contribution in [3.8, 4) is 0 Å². The highest BCUT2D eigenvalue weighted by Gasteiger charge is 2.20. The van der Waals surface area contributed by atoms with E-state index in [4.69, 9.17) is 22.1 Å². The molecule has 1 atom stereocenters. The molecule has 2 rings (SSSR count). The third-order valence-electron chi connectivity index (χ3n) is 3.39. The Labute approximate surface area is 124 Å². The Bertz CT molecular complexity index is 557. The molecule has 1 fully saturated rings. The molecule has 0 aromatic heterocycles.